The molecule has 0 spiro atoms. The predicted molar refractivity (Wildman–Crippen MR) is 89.4 cm³/mol. The number of nitrogens with zero attached hydrogens (tertiary/aromatic N) is 2. The van der Waals surface area contributed by atoms with Gasteiger partial charge in [-0.05, 0) is 24.5 Å². The van der Waals surface area contributed by atoms with Gasteiger partial charge in [-0.1, -0.05) is 13.8 Å². The molecule has 0 saturated carbocycles. The maximum Gasteiger partial charge on any atom is 0.326 e. The van der Waals surface area contributed by atoms with E-state index in [-0.39, 0.29) is 22.9 Å². The molecule has 1 aromatic carbocycles. The number of nitro benzene ring substituents is 1. The Kier molecular flexibility index (Phi) is 7.09. The van der Waals surface area contributed by atoms with Gasteiger partial charge in [0.1, 0.15) is 17.7 Å². The first-order valence-corrected chi connectivity index (χ1v) is 7.39. The van der Waals surface area contributed by atoms with Crippen molar-refractivity contribution in [2.24, 2.45) is 5.92 Å². The summed E-state index contributed by atoms with van der Waals surface area (Å²) in [6.07, 6.45) is 1.39. The summed E-state index contributed by atoms with van der Waals surface area (Å²) in [7, 11) is 0. The van der Waals surface area contributed by atoms with E-state index >= 15 is 0 Å². The van der Waals surface area contributed by atoms with Crippen LogP contribution in [0.25, 0.3) is 0 Å². The number of anilines is 1. The molecule has 0 bridgehead atoms. The van der Waals surface area contributed by atoms with Crippen molar-refractivity contribution >= 4 is 23.3 Å². The summed E-state index contributed by atoms with van der Waals surface area (Å²) in [6.45, 7) is 3.71. The van der Waals surface area contributed by atoms with Crippen molar-refractivity contribution in [2.75, 3.05) is 5.32 Å². The standard InChI is InChI=1S/C16H18N4O5/c1-10(2)7-14(16(22)23)18-9-11(8-17)15(21)19-12-3-5-13(6-4-12)20(24)25/h3-6,9-10,14,18H,7H2,1-2H3,(H,19,21)(H,22,23)/b11-9-. The zero-order chi connectivity index (χ0) is 19.0. The lowest BCUT2D eigenvalue weighted by molar-refractivity contribution is -0.384. The second-order valence-corrected chi connectivity index (χ2v) is 5.61. The second-order valence-electron chi connectivity index (χ2n) is 5.61. The molecule has 0 saturated heterocycles. The minimum atomic E-state index is -1.09. The van der Waals surface area contributed by atoms with E-state index in [1.807, 2.05) is 13.8 Å². The molecule has 1 aromatic rings. The average Bonchev–Trinajstić information content (AvgIpc) is 2.54. The van der Waals surface area contributed by atoms with Crippen molar-refractivity contribution in [3.63, 3.8) is 0 Å². The van der Waals surface area contributed by atoms with E-state index in [2.05, 4.69) is 10.6 Å². The van der Waals surface area contributed by atoms with E-state index in [0.717, 1.165) is 6.20 Å². The number of hydrogen-bond acceptors (Lipinski definition) is 6. The molecular formula is C16H18N4O5. The first-order chi connectivity index (χ1) is 11.7. The number of carbonyl (C=O) groups excluding carboxylic acids is 1. The molecule has 1 unspecified atom stereocenters. The first kappa shape index (κ1) is 19.6. The number of carbonyl (C=O) groups is 2. The highest BCUT2D eigenvalue weighted by Gasteiger charge is 2.18. The van der Waals surface area contributed by atoms with Crippen LogP contribution in [0, 0.1) is 27.4 Å². The van der Waals surface area contributed by atoms with E-state index in [9.17, 15) is 19.7 Å². The molecule has 1 rings (SSSR count). The van der Waals surface area contributed by atoms with Gasteiger partial charge in [0, 0.05) is 24.0 Å². The lowest BCUT2D eigenvalue weighted by Crippen LogP contribution is -2.35. The van der Waals surface area contributed by atoms with Gasteiger partial charge in [-0.2, -0.15) is 5.26 Å². The Balaban J connectivity index is 2.80. The van der Waals surface area contributed by atoms with Crippen LogP contribution in [0.2, 0.25) is 0 Å². The number of aliphatic carboxylic acids is 1. The molecule has 9 nitrogen and oxygen atoms in total. The first-order valence-electron chi connectivity index (χ1n) is 7.39. The Morgan fingerprint density at radius 2 is 1.96 bits per heavy atom. The van der Waals surface area contributed by atoms with Gasteiger partial charge >= 0.3 is 5.97 Å². The number of rotatable bonds is 8. The number of nitriles is 1. The van der Waals surface area contributed by atoms with Crippen LogP contribution < -0.4 is 10.6 Å². The molecule has 9 heteroatoms. The number of carboxylic acids is 1. The summed E-state index contributed by atoms with van der Waals surface area (Å²) >= 11 is 0. The number of benzene rings is 1. The lowest BCUT2D eigenvalue weighted by atomic mass is 10.0. The molecule has 132 valence electrons. The highest BCUT2D eigenvalue weighted by atomic mass is 16.6. The fraction of sp³-hybridized carbons (Fsp3) is 0.312. The minimum Gasteiger partial charge on any atom is -0.480 e. The number of hydrogen-bond donors (Lipinski definition) is 3. The third kappa shape index (κ3) is 6.31. The maximum atomic E-state index is 12.0. The fourth-order valence-corrected chi connectivity index (χ4v) is 1.91. The monoisotopic (exact) mass is 346 g/mol. The smallest absolute Gasteiger partial charge is 0.326 e. The summed E-state index contributed by atoms with van der Waals surface area (Å²) in [4.78, 5) is 33.2. The number of carboxylic acid groups (broad SMARTS) is 1. The Bertz CT molecular complexity index is 719. The van der Waals surface area contributed by atoms with Crippen molar-refractivity contribution < 1.29 is 19.6 Å². The van der Waals surface area contributed by atoms with Crippen LogP contribution in [0.3, 0.4) is 0 Å². The van der Waals surface area contributed by atoms with Crippen LogP contribution in [0.1, 0.15) is 20.3 Å². The Labute approximate surface area is 144 Å². The van der Waals surface area contributed by atoms with Crippen molar-refractivity contribution in [1.82, 2.24) is 5.32 Å². The molecule has 25 heavy (non-hydrogen) atoms. The summed E-state index contributed by atoms with van der Waals surface area (Å²) < 4.78 is 0. The van der Waals surface area contributed by atoms with Crippen molar-refractivity contribution in [1.29, 1.82) is 5.26 Å². The van der Waals surface area contributed by atoms with Crippen LogP contribution in [0.15, 0.2) is 36.0 Å². The van der Waals surface area contributed by atoms with Crippen LogP contribution >= 0.6 is 0 Å². The molecule has 1 atom stereocenters. The second kappa shape index (κ2) is 9.02. The Hall–Kier alpha value is -3.41. The maximum absolute atomic E-state index is 12.0. The van der Waals surface area contributed by atoms with E-state index in [1.54, 1.807) is 6.07 Å². The largest absolute Gasteiger partial charge is 0.480 e. The van der Waals surface area contributed by atoms with Crippen molar-refractivity contribution in [3.05, 3.63) is 46.2 Å². The highest BCUT2D eigenvalue weighted by Crippen LogP contribution is 2.16. The molecule has 0 aromatic heterocycles. The summed E-state index contributed by atoms with van der Waals surface area (Å²) in [5, 5.41) is 33.7. The molecule has 0 fully saturated rings. The van der Waals surface area contributed by atoms with E-state index in [4.69, 9.17) is 10.4 Å². The van der Waals surface area contributed by atoms with Gasteiger partial charge in [0.2, 0.25) is 0 Å². The summed E-state index contributed by atoms with van der Waals surface area (Å²) in [5.41, 5.74) is -0.171. The quantitative estimate of drug-likeness (QED) is 0.282. The van der Waals surface area contributed by atoms with Crippen LogP contribution in [0.4, 0.5) is 11.4 Å². The van der Waals surface area contributed by atoms with E-state index < -0.39 is 22.8 Å². The molecule has 0 aliphatic rings. The molecule has 0 aliphatic carbocycles. The normalized spacial score (nSPS) is 12.2. The topological polar surface area (TPSA) is 145 Å². The molecule has 3 N–H and O–H groups in total. The number of nitrogens with one attached hydrogen (secondary N) is 2. The summed E-state index contributed by atoms with van der Waals surface area (Å²) in [6, 6.07) is 5.86. The van der Waals surface area contributed by atoms with Crippen LogP contribution in [0.5, 0.6) is 0 Å². The minimum absolute atomic E-state index is 0.112. The predicted octanol–water partition coefficient (Wildman–Crippen LogP) is 2.03. The zero-order valence-electron chi connectivity index (χ0n) is 13.7. The van der Waals surface area contributed by atoms with E-state index in [1.165, 1.54) is 24.3 Å². The molecule has 0 aliphatic heterocycles. The van der Waals surface area contributed by atoms with Gasteiger partial charge < -0.3 is 15.7 Å². The fourth-order valence-electron chi connectivity index (χ4n) is 1.91. The summed E-state index contributed by atoms with van der Waals surface area (Å²) in [5.74, 6) is -1.72. The van der Waals surface area contributed by atoms with Crippen LogP contribution in [-0.2, 0) is 9.59 Å². The Morgan fingerprint density at radius 1 is 1.36 bits per heavy atom. The Morgan fingerprint density at radius 3 is 2.40 bits per heavy atom. The van der Waals surface area contributed by atoms with Gasteiger partial charge in [0.05, 0.1) is 4.92 Å². The van der Waals surface area contributed by atoms with Gasteiger partial charge in [-0.15, -0.1) is 0 Å². The van der Waals surface area contributed by atoms with Crippen molar-refractivity contribution in [3.8, 4) is 6.07 Å². The van der Waals surface area contributed by atoms with Gasteiger partial charge in [0.15, 0.2) is 0 Å². The average molecular weight is 346 g/mol. The van der Waals surface area contributed by atoms with Gasteiger partial charge in [0.25, 0.3) is 11.6 Å². The van der Waals surface area contributed by atoms with Gasteiger partial charge in [-0.3, -0.25) is 14.9 Å². The number of amides is 1. The zero-order valence-corrected chi connectivity index (χ0v) is 13.7. The van der Waals surface area contributed by atoms with Crippen molar-refractivity contribution in [2.45, 2.75) is 26.3 Å². The highest BCUT2D eigenvalue weighted by molar-refractivity contribution is 6.06. The SMILES string of the molecule is CC(C)CC(N/C=C(/C#N)C(=O)Nc1ccc([N+](=O)[O-])cc1)C(=O)O. The lowest BCUT2D eigenvalue weighted by Gasteiger charge is -2.15. The third-order valence-electron chi connectivity index (χ3n) is 3.14. The molecular weight excluding hydrogens is 328 g/mol. The third-order valence-corrected chi connectivity index (χ3v) is 3.14. The van der Waals surface area contributed by atoms with Gasteiger partial charge in [-0.25, -0.2) is 4.79 Å². The number of nitro groups is 1. The molecule has 0 radical (unpaired) electrons. The molecule has 0 heterocycles. The van der Waals surface area contributed by atoms with E-state index in [0.29, 0.717) is 6.42 Å². The number of non-ortho nitro benzene ring substituents is 1. The van der Waals surface area contributed by atoms with Crippen LogP contribution in [-0.4, -0.2) is 27.9 Å². The molecule has 1 amide bonds.